The molecule has 2 fully saturated rings. The van der Waals surface area contributed by atoms with E-state index in [9.17, 15) is 19.5 Å². The highest BCUT2D eigenvalue weighted by atomic mass is 16.4. The first-order chi connectivity index (χ1) is 10.0. The maximum atomic E-state index is 12.2. The lowest BCUT2D eigenvalue weighted by atomic mass is 9.91. The number of hydrogen-bond acceptors (Lipinski definition) is 3. The van der Waals surface area contributed by atoms with E-state index in [1.807, 2.05) is 6.92 Å². The Hall–Kier alpha value is -1.79. The van der Waals surface area contributed by atoms with Crippen LogP contribution in [0.15, 0.2) is 0 Å². The zero-order valence-electron chi connectivity index (χ0n) is 12.4. The fourth-order valence-corrected chi connectivity index (χ4v) is 3.12. The largest absolute Gasteiger partial charge is 0.480 e. The summed E-state index contributed by atoms with van der Waals surface area (Å²) in [7, 11) is 0. The second kappa shape index (κ2) is 6.78. The van der Waals surface area contributed by atoms with Gasteiger partial charge >= 0.3 is 12.0 Å². The van der Waals surface area contributed by atoms with Gasteiger partial charge in [-0.15, -0.1) is 0 Å². The molecule has 2 aliphatic heterocycles. The van der Waals surface area contributed by atoms with E-state index in [-0.39, 0.29) is 18.4 Å². The molecule has 2 aliphatic rings. The van der Waals surface area contributed by atoms with Crippen LogP contribution in [-0.2, 0) is 9.59 Å². The van der Waals surface area contributed by atoms with Crippen molar-refractivity contribution in [3.8, 4) is 0 Å². The zero-order chi connectivity index (χ0) is 15.4. The minimum absolute atomic E-state index is 0.0595. The molecule has 0 aromatic rings. The summed E-state index contributed by atoms with van der Waals surface area (Å²) >= 11 is 0. The second-order valence-corrected chi connectivity index (χ2v) is 5.84. The molecule has 0 saturated carbocycles. The Morgan fingerprint density at radius 1 is 1.14 bits per heavy atom. The molecule has 2 heterocycles. The quantitative estimate of drug-likeness (QED) is 0.794. The van der Waals surface area contributed by atoms with Gasteiger partial charge in [-0.1, -0.05) is 6.92 Å². The van der Waals surface area contributed by atoms with E-state index in [1.54, 1.807) is 4.90 Å². The molecule has 0 bridgehead atoms. The average Bonchev–Trinajstić information content (AvgIpc) is 2.97. The number of carboxylic acid groups (broad SMARTS) is 1. The van der Waals surface area contributed by atoms with E-state index in [2.05, 4.69) is 5.32 Å². The summed E-state index contributed by atoms with van der Waals surface area (Å²) < 4.78 is 0. The minimum atomic E-state index is -0.983. The van der Waals surface area contributed by atoms with Crippen LogP contribution in [0.4, 0.5) is 4.79 Å². The highest BCUT2D eigenvalue weighted by molar-refractivity contribution is 5.87. The number of piperidine rings is 1. The molecule has 0 spiro atoms. The molecule has 0 aromatic carbocycles. The lowest BCUT2D eigenvalue weighted by Crippen LogP contribution is -2.56. The highest BCUT2D eigenvalue weighted by Crippen LogP contribution is 2.23. The fourth-order valence-electron chi connectivity index (χ4n) is 3.12. The van der Waals surface area contributed by atoms with Crippen LogP contribution >= 0.6 is 0 Å². The average molecular weight is 297 g/mol. The summed E-state index contributed by atoms with van der Waals surface area (Å²) in [5.74, 6) is -1.16. The van der Waals surface area contributed by atoms with Crippen molar-refractivity contribution in [2.75, 3.05) is 26.2 Å². The highest BCUT2D eigenvalue weighted by Gasteiger charge is 2.37. The van der Waals surface area contributed by atoms with Crippen LogP contribution in [0.25, 0.3) is 0 Å². The van der Waals surface area contributed by atoms with E-state index >= 15 is 0 Å². The number of carboxylic acids is 1. The maximum absolute atomic E-state index is 12.2. The van der Waals surface area contributed by atoms with Crippen LogP contribution in [0, 0.1) is 5.92 Å². The fraction of sp³-hybridized carbons (Fsp3) is 0.786. The standard InChI is InChI=1S/C14H23N3O4/c1-10-5-4-8-17(12(10)13(19)20)14(21)15-9-11(18)16-6-2-3-7-16/h10,12H,2-9H2,1H3,(H,15,21)(H,19,20). The number of urea groups is 1. The molecule has 0 radical (unpaired) electrons. The first-order valence-corrected chi connectivity index (χ1v) is 7.55. The molecule has 21 heavy (non-hydrogen) atoms. The molecule has 2 rings (SSSR count). The normalized spacial score (nSPS) is 25.8. The van der Waals surface area contributed by atoms with Gasteiger partial charge in [0.05, 0.1) is 6.54 Å². The van der Waals surface area contributed by atoms with Gasteiger partial charge in [0.15, 0.2) is 0 Å². The third-order valence-electron chi connectivity index (χ3n) is 4.30. The number of nitrogens with zero attached hydrogens (tertiary/aromatic N) is 2. The molecule has 0 aliphatic carbocycles. The molecular weight excluding hydrogens is 274 g/mol. The van der Waals surface area contributed by atoms with Crippen molar-refractivity contribution in [2.24, 2.45) is 5.92 Å². The Morgan fingerprint density at radius 2 is 1.81 bits per heavy atom. The van der Waals surface area contributed by atoms with Crippen molar-refractivity contribution in [2.45, 2.75) is 38.6 Å². The number of hydrogen-bond donors (Lipinski definition) is 2. The van der Waals surface area contributed by atoms with Gasteiger partial charge in [0, 0.05) is 19.6 Å². The lowest BCUT2D eigenvalue weighted by molar-refractivity contribution is -0.145. The maximum Gasteiger partial charge on any atom is 0.326 e. The van der Waals surface area contributed by atoms with Crippen molar-refractivity contribution in [3.63, 3.8) is 0 Å². The predicted octanol–water partition coefficient (Wildman–Crippen LogP) is 0.504. The van der Waals surface area contributed by atoms with Crippen molar-refractivity contribution in [1.29, 1.82) is 0 Å². The summed E-state index contributed by atoms with van der Waals surface area (Å²) in [6.07, 6.45) is 3.60. The Kier molecular flexibility index (Phi) is 5.03. The van der Waals surface area contributed by atoms with E-state index in [4.69, 9.17) is 0 Å². The van der Waals surface area contributed by atoms with E-state index in [1.165, 1.54) is 4.90 Å². The number of likely N-dealkylation sites (tertiary alicyclic amines) is 2. The SMILES string of the molecule is CC1CCCN(C(=O)NCC(=O)N2CCCC2)C1C(=O)O. The van der Waals surface area contributed by atoms with Gasteiger partial charge < -0.3 is 20.2 Å². The zero-order valence-corrected chi connectivity index (χ0v) is 12.4. The molecule has 7 nitrogen and oxygen atoms in total. The van der Waals surface area contributed by atoms with Crippen molar-refractivity contribution in [1.82, 2.24) is 15.1 Å². The van der Waals surface area contributed by atoms with Crippen molar-refractivity contribution in [3.05, 3.63) is 0 Å². The Balaban J connectivity index is 1.88. The molecule has 7 heteroatoms. The summed E-state index contributed by atoms with van der Waals surface area (Å²) in [5, 5.41) is 11.8. The van der Waals surface area contributed by atoms with E-state index < -0.39 is 18.0 Å². The number of aliphatic carboxylic acids is 1. The number of carbonyl (C=O) groups excluding carboxylic acids is 2. The smallest absolute Gasteiger partial charge is 0.326 e. The number of amides is 3. The Morgan fingerprint density at radius 3 is 2.43 bits per heavy atom. The van der Waals surface area contributed by atoms with Crippen LogP contribution < -0.4 is 5.32 Å². The number of rotatable bonds is 3. The third-order valence-corrected chi connectivity index (χ3v) is 4.30. The van der Waals surface area contributed by atoms with Crippen LogP contribution in [0.5, 0.6) is 0 Å². The van der Waals surface area contributed by atoms with Crippen LogP contribution in [0.2, 0.25) is 0 Å². The van der Waals surface area contributed by atoms with Crippen LogP contribution in [0.3, 0.4) is 0 Å². The molecule has 2 N–H and O–H groups in total. The van der Waals surface area contributed by atoms with Crippen LogP contribution in [0.1, 0.15) is 32.6 Å². The van der Waals surface area contributed by atoms with Crippen molar-refractivity contribution >= 4 is 17.9 Å². The molecule has 2 atom stereocenters. The molecule has 0 aromatic heterocycles. The molecule has 2 saturated heterocycles. The molecule has 2 unspecified atom stereocenters. The monoisotopic (exact) mass is 297 g/mol. The first kappa shape index (κ1) is 15.6. The topological polar surface area (TPSA) is 90.0 Å². The van der Waals surface area contributed by atoms with Crippen molar-refractivity contribution < 1.29 is 19.5 Å². The number of carbonyl (C=O) groups is 3. The summed E-state index contributed by atoms with van der Waals surface area (Å²) in [5.41, 5.74) is 0. The molecule has 118 valence electrons. The summed E-state index contributed by atoms with van der Waals surface area (Å²) in [6.45, 7) is 3.69. The van der Waals surface area contributed by atoms with Gasteiger partial charge in [0.2, 0.25) is 5.91 Å². The second-order valence-electron chi connectivity index (χ2n) is 5.84. The summed E-state index contributed by atoms with van der Waals surface area (Å²) in [6, 6.07) is -1.26. The Bertz CT molecular complexity index is 420. The summed E-state index contributed by atoms with van der Waals surface area (Å²) in [4.78, 5) is 38.4. The minimum Gasteiger partial charge on any atom is -0.480 e. The predicted molar refractivity (Wildman–Crippen MR) is 75.7 cm³/mol. The Labute approximate surface area is 124 Å². The first-order valence-electron chi connectivity index (χ1n) is 7.55. The number of nitrogens with one attached hydrogen (secondary N) is 1. The van der Waals surface area contributed by atoms with Gasteiger partial charge in [0.1, 0.15) is 6.04 Å². The molecular formula is C14H23N3O4. The van der Waals surface area contributed by atoms with Gasteiger partial charge in [-0.3, -0.25) is 4.79 Å². The third kappa shape index (κ3) is 3.65. The van der Waals surface area contributed by atoms with E-state index in [0.717, 1.165) is 38.8 Å². The van der Waals surface area contributed by atoms with Gasteiger partial charge in [0.25, 0.3) is 0 Å². The van der Waals surface area contributed by atoms with E-state index in [0.29, 0.717) is 6.54 Å². The van der Waals surface area contributed by atoms with Gasteiger partial charge in [-0.25, -0.2) is 9.59 Å². The lowest BCUT2D eigenvalue weighted by Gasteiger charge is -2.37. The molecule has 3 amide bonds. The van der Waals surface area contributed by atoms with Gasteiger partial charge in [-0.05, 0) is 31.6 Å². The van der Waals surface area contributed by atoms with Crippen LogP contribution in [-0.4, -0.2) is 65.0 Å². The van der Waals surface area contributed by atoms with Gasteiger partial charge in [-0.2, -0.15) is 0 Å².